The predicted molar refractivity (Wildman–Crippen MR) is 91.7 cm³/mol. The van der Waals surface area contributed by atoms with E-state index in [-0.39, 0.29) is 18.4 Å². The molecule has 0 saturated carbocycles. The van der Waals surface area contributed by atoms with Crippen molar-refractivity contribution >= 4 is 17.2 Å². The van der Waals surface area contributed by atoms with E-state index in [9.17, 15) is 9.90 Å². The van der Waals surface area contributed by atoms with Gasteiger partial charge in [-0.15, -0.1) is 10.2 Å². The number of nitrogens with zero attached hydrogens (tertiary/aromatic N) is 2. The van der Waals surface area contributed by atoms with Crippen LogP contribution in [0.4, 0.5) is 0 Å². The number of hydrogen-bond acceptors (Lipinski definition) is 5. The van der Waals surface area contributed by atoms with Gasteiger partial charge in [-0.2, -0.15) is 0 Å². The average molecular weight is 333 g/mol. The molecule has 0 saturated heterocycles. The molecule has 5 nitrogen and oxygen atoms in total. The van der Waals surface area contributed by atoms with Crippen LogP contribution in [0, 0.1) is 5.41 Å². The van der Waals surface area contributed by atoms with Gasteiger partial charge in [0.2, 0.25) is 5.01 Å². The molecule has 0 spiro atoms. The molecule has 1 atom stereocenters. The summed E-state index contributed by atoms with van der Waals surface area (Å²) < 4.78 is 0. The third-order valence-corrected chi connectivity index (χ3v) is 4.88. The molecule has 0 aliphatic rings. The zero-order valence-electron chi connectivity index (χ0n) is 13.7. The van der Waals surface area contributed by atoms with Gasteiger partial charge in [0.1, 0.15) is 5.01 Å². The lowest BCUT2D eigenvalue weighted by Gasteiger charge is -2.27. The van der Waals surface area contributed by atoms with Crippen molar-refractivity contribution in [2.24, 2.45) is 5.41 Å². The molecule has 6 heteroatoms. The van der Waals surface area contributed by atoms with Gasteiger partial charge in [0.25, 0.3) is 5.91 Å². The molecule has 124 valence electrons. The first-order valence-corrected chi connectivity index (χ1v) is 8.51. The van der Waals surface area contributed by atoms with Crippen LogP contribution in [0.5, 0.6) is 0 Å². The molecule has 0 bridgehead atoms. The molecule has 0 radical (unpaired) electrons. The number of carbonyl (C=O) groups excluding carboxylic acids is 1. The molecular formula is C17H23N3O2S. The highest BCUT2D eigenvalue weighted by Gasteiger charge is 2.26. The van der Waals surface area contributed by atoms with Gasteiger partial charge in [0.05, 0.1) is 6.61 Å². The Morgan fingerprint density at radius 2 is 2.00 bits per heavy atom. The average Bonchev–Trinajstić information content (AvgIpc) is 3.04. The Hall–Kier alpha value is -1.79. The fraction of sp³-hybridized carbons (Fsp3) is 0.471. The number of benzene rings is 1. The molecule has 1 amide bonds. The summed E-state index contributed by atoms with van der Waals surface area (Å²) in [5.74, 6) is 0.0250. The van der Waals surface area contributed by atoms with E-state index in [0.717, 1.165) is 10.6 Å². The molecule has 1 aromatic carbocycles. The normalized spacial score (nSPS) is 13.8. The fourth-order valence-corrected chi connectivity index (χ4v) is 2.95. The maximum Gasteiger partial charge on any atom is 0.282 e. The third kappa shape index (κ3) is 4.84. The molecular weight excluding hydrogens is 310 g/mol. The van der Waals surface area contributed by atoms with Crippen molar-refractivity contribution in [1.29, 1.82) is 0 Å². The number of amides is 1. The van der Waals surface area contributed by atoms with E-state index in [1.54, 1.807) is 0 Å². The number of aliphatic hydroxyl groups excluding tert-OH is 1. The van der Waals surface area contributed by atoms with Gasteiger partial charge in [-0.1, -0.05) is 62.4 Å². The SMILES string of the molecule is CC(C)c1nnc(C(=O)NC[C@@](C)(CO)Cc2ccccc2)s1. The summed E-state index contributed by atoms with van der Waals surface area (Å²) >= 11 is 1.31. The van der Waals surface area contributed by atoms with Gasteiger partial charge in [-0.25, -0.2) is 0 Å². The molecule has 0 fully saturated rings. The highest BCUT2D eigenvalue weighted by molar-refractivity contribution is 7.13. The number of aromatic nitrogens is 2. The molecule has 2 rings (SSSR count). The van der Waals surface area contributed by atoms with Crippen molar-refractivity contribution in [3.05, 3.63) is 45.9 Å². The zero-order chi connectivity index (χ0) is 16.9. The highest BCUT2D eigenvalue weighted by Crippen LogP contribution is 2.22. The van der Waals surface area contributed by atoms with Gasteiger partial charge in [0.15, 0.2) is 0 Å². The van der Waals surface area contributed by atoms with Crippen LogP contribution in [-0.4, -0.2) is 34.4 Å². The smallest absolute Gasteiger partial charge is 0.282 e. The van der Waals surface area contributed by atoms with Crippen LogP contribution in [0.3, 0.4) is 0 Å². The van der Waals surface area contributed by atoms with Crippen LogP contribution in [0.2, 0.25) is 0 Å². The summed E-state index contributed by atoms with van der Waals surface area (Å²) in [5.41, 5.74) is 0.721. The Labute approximate surface area is 140 Å². The number of carbonyl (C=O) groups is 1. The Kier molecular flexibility index (Phi) is 5.85. The largest absolute Gasteiger partial charge is 0.396 e. The highest BCUT2D eigenvalue weighted by atomic mass is 32.1. The van der Waals surface area contributed by atoms with E-state index >= 15 is 0 Å². The second-order valence-electron chi connectivity index (χ2n) is 6.41. The van der Waals surface area contributed by atoms with Gasteiger partial charge in [-0.05, 0) is 12.0 Å². The maximum absolute atomic E-state index is 12.2. The predicted octanol–water partition coefficient (Wildman–Crippen LogP) is 2.63. The minimum Gasteiger partial charge on any atom is -0.396 e. The summed E-state index contributed by atoms with van der Waals surface area (Å²) in [7, 11) is 0. The Bertz CT molecular complexity index is 642. The molecule has 23 heavy (non-hydrogen) atoms. The zero-order valence-corrected chi connectivity index (χ0v) is 14.6. The Morgan fingerprint density at radius 1 is 1.30 bits per heavy atom. The lowest BCUT2D eigenvalue weighted by molar-refractivity contribution is 0.0894. The lowest BCUT2D eigenvalue weighted by Crippen LogP contribution is -2.39. The summed E-state index contributed by atoms with van der Waals surface area (Å²) in [6.45, 7) is 6.37. The molecule has 2 aromatic rings. The van der Waals surface area contributed by atoms with E-state index in [1.807, 2.05) is 51.1 Å². The summed E-state index contributed by atoms with van der Waals surface area (Å²) in [5, 5.41) is 21.8. The standard InChI is InChI=1S/C17H23N3O2S/c1-12(2)15-19-20-16(23-15)14(22)18-10-17(3,11-21)9-13-7-5-4-6-8-13/h4-8,12,21H,9-11H2,1-3H3,(H,18,22)/t17-/m0/s1. The van der Waals surface area contributed by atoms with Crippen LogP contribution < -0.4 is 5.32 Å². The summed E-state index contributed by atoms with van der Waals surface area (Å²) in [6.07, 6.45) is 0.692. The number of rotatable bonds is 7. The molecule has 2 N–H and O–H groups in total. The monoisotopic (exact) mass is 333 g/mol. The fourth-order valence-electron chi connectivity index (χ4n) is 2.19. The van der Waals surface area contributed by atoms with Crippen molar-refractivity contribution in [3.8, 4) is 0 Å². The van der Waals surface area contributed by atoms with E-state index in [4.69, 9.17) is 0 Å². The number of nitrogens with one attached hydrogen (secondary N) is 1. The molecule has 0 aliphatic carbocycles. The van der Waals surface area contributed by atoms with Crippen LogP contribution in [0.15, 0.2) is 30.3 Å². The first kappa shape index (κ1) is 17.6. The van der Waals surface area contributed by atoms with Crippen molar-refractivity contribution in [1.82, 2.24) is 15.5 Å². The maximum atomic E-state index is 12.2. The minimum atomic E-state index is -0.414. The summed E-state index contributed by atoms with van der Waals surface area (Å²) in [6, 6.07) is 9.95. The lowest BCUT2D eigenvalue weighted by atomic mass is 9.84. The van der Waals surface area contributed by atoms with Gasteiger partial charge in [-0.3, -0.25) is 4.79 Å². The number of aliphatic hydroxyl groups is 1. The third-order valence-electron chi connectivity index (χ3n) is 3.66. The van der Waals surface area contributed by atoms with Crippen molar-refractivity contribution < 1.29 is 9.90 Å². The van der Waals surface area contributed by atoms with Gasteiger partial charge in [0, 0.05) is 17.9 Å². The van der Waals surface area contributed by atoms with E-state index < -0.39 is 5.41 Å². The summed E-state index contributed by atoms with van der Waals surface area (Å²) in [4.78, 5) is 12.2. The van der Waals surface area contributed by atoms with E-state index in [2.05, 4.69) is 15.5 Å². The van der Waals surface area contributed by atoms with Crippen LogP contribution >= 0.6 is 11.3 Å². The Balaban J connectivity index is 1.97. The topological polar surface area (TPSA) is 75.1 Å². The van der Waals surface area contributed by atoms with Crippen molar-refractivity contribution in [3.63, 3.8) is 0 Å². The first-order valence-electron chi connectivity index (χ1n) is 7.70. The molecule has 0 aliphatic heterocycles. The van der Waals surface area contributed by atoms with Gasteiger partial charge >= 0.3 is 0 Å². The van der Waals surface area contributed by atoms with Crippen LogP contribution in [0.25, 0.3) is 0 Å². The molecule has 1 aromatic heterocycles. The minimum absolute atomic E-state index is 0.00443. The quantitative estimate of drug-likeness (QED) is 0.817. The van der Waals surface area contributed by atoms with E-state index in [1.165, 1.54) is 11.3 Å². The van der Waals surface area contributed by atoms with Crippen LogP contribution in [0.1, 0.15) is 47.1 Å². The van der Waals surface area contributed by atoms with Gasteiger partial charge < -0.3 is 10.4 Å². The Morgan fingerprint density at radius 3 is 2.57 bits per heavy atom. The van der Waals surface area contributed by atoms with Crippen LogP contribution in [-0.2, 0) is 6.42 Å². The second kappa shape index (κ2) is 7.66. The van der Waals surface area contributed by atoms with Crippen molar-refractivity contribution in [2.45, 2.75) is 33.1 Å². The van der Waals surface area contributed by atoms with E-state index in [0.29, 0.717) is 18.0 Å². The first-order chi connectivity index (χ1) is 10.9. The number of hydrogen-bond donors (Lipinski definition) is 2. The molecule has 1 heterocycles. The van der Waals surface area contributed by atoms with Crippen molar-refractivity contribution in [2.75, 3.05) is 13.2 Å². The second-order valence-corrected chi connectivity index (χ2v) is 7.42. The molecule has 0 unspecified atom stereocenters.